The van der Waals surface area contributed by atoms with Gasteiger partial charge in [-0.15, -0.1) is 11.3 Å². The highest BCUT2D eigenvalue weighted by Crippen LogP contribution is 2.26. The van der Waals surface area contributed by atoms with Crippen LogP contribution in [0.1, 0.15) is 5.56 Å². The highest BCUT2D eigenvalue weighted by Gasteiger charge is 2.05. The molecule has 90 valence electrons. The summed E-state index contributed by atoms with van der Waals surface area (Å²) in [6.45, 7) is 0.501. The number of rotatable bonds is 3. The molecule has 0 saturated heterocycles. The molecule has 0 amide bonds. The highest BCUT2D eigenvalue weighted by molar-refractivity contribution is 9.10. The molecule has 0 fully saturated rings. The number of hydrogen-bond acceptors (Lipinski definition) is 4. The maximum absolute atomic E-state index is 5.75. The topological polar surface area (TPSA) is 35.0 Å². The molecule has 0 N–H and O–H groups in total. The van der Waals surface area contributed by atoms with Gasteiger partial charge in [-0.25, -0.2) is 9.97 Å². The van der Waals surface area contributed by atoms with E-state index in [0.29, 0.717) is 12.5 Å². The van der Waals surface area contributed by atoms with Crippen molar-refractivity contribution in [1.29, 1.82) is 0 Å². The molecule has 0 spiro atoms. The maximum atomic E-state index is 5.75. The summed E-state index contributed by atoms with van der Waals surface area (Å²) in [6, 6.07) is 10.0. The Morgan fingerprint density at radius 1 is 1.22 bits per heavy atom. The first-order valence-corrected chi connectivity index (χ1v) is 7.05. The van der Waals surface area contributed by atoms with Gasteiger partial charge in [0, 0.05) is 4.47 Å². The van der Waals surface area contributed by atoms with Gasteiger partial charge in [0.1, 0.15) is 17.8 Å². The van der Waals surface area contributed by atoms with Crippen LogP contribution in [-0.4, -0.2) is 9.97 Å². The van der Waals surface area contributed by atoms with Crippen molar-refractivity contribution in [3.05, 3.63) is 52.1 Å². The van der Waals surface area contributed by atoms with E-state index < -0.39 is 0 Å². The lowest BCUT2D eigenvalue weighted by Crippen LogP contribution is -1.97. The third kappa shape index (κ3) is 2.37. The molecule has 3 aromatic rings. The van der Waals surface area contributed by atoms with Crippen molar-refractivity contribution >= 4 is 37.5 Å². The molecular formula is C13H9BrN2OS. The third-order valence-corrected chi connectivity index (χ3v) is 3.80. The minimum Gasteiger partial charge on any atom is -0.472 e. The van der Waals surface area contributed by atoms with Gasteiger partial charge >= 0.3 is 0 Å². The first-order valence-electron chi connectivity index (χ1n) is 5.38. The van der Waals surface area contributed by atoms with Crippen LogP contribution in [0, 0.1) is 0 Å². The number of thiophene rings is 1. The first kappa shape index (κ1) is 11.6. The lowest BCUT2D eigenvalue weighted by molar-refractivity contribution is 0.297. The standard InChI is InChI=1S/C13H9BrN2OS/c14-10-3-1-2-9(6-10)7-17-12-11-4-5-18-13(11)16-8-15-12/h1-6,8H,7H2. The molecule has 0 unspecified atom stereocenters. The summed E-state index contributed by atoms with van der Waals surface area (Å²) in [7, 11) is 0. The zero-order chi connectivity index (χ0) is 12.4. The Balaban J connectivity index is 1.83. The van der Waals surface area contributed by atoms with E-state index >= 15 is 0 Å². The van der Waals surface area contributed by atoms with E-state index in [2.05, 4.69) is 25.9 Å². The van der Waals surface area contributed by atoms with Crippen molar-refractivity contribution in [2.24, 2.45) is 0 Å². The number of halogens is 1. The average molecular weight is 321 g/mol. The van der Waals surface area contributed by atoms with Crippen LogP contribution < -0.4 is 4.74 Å². The Labute approximate surface area is 117 Å². The van der Waals surface area contributed by atoms with Crippen molar-refractivity contribution in [3.63, 3.8) is 0 Å². The number of ether oxygens (including phenoxy) is 1. The third-order valence-electron chi connectivity index (χ3n) is 2.49. The van der Waals surface area contributed by atoms with E-state index in [0.717, 1.165) is 20.3 Å². The molecule has 2 heterocycles. The van der Waals surface area contributed by atoms with Gasteiger partial charge in [0.15, 0.2) is 0 Å². The minimum atomic E-state index is 0.501. The van der Waals surface area contributed by atoms with E-state index in [1.54, 1.807) is 11.3 Å². The van der Waals surface area contributed by atoms with E-state index in [1.807, 2.05) is 35.7 Å². The fourth-order valence-corrected chi connectivity index (χ4v) is 2.83. The van der Waals surface area contributed by atoms with Gasteiger partial charge in [0.25, 0.3) is 0 Å². The highest BCUT2D eigenvalue weighted by atomic mass is 79.9. The number of hydrogen-bond donors (Lipinski definition) is 0. The number of fused-ring (bicyclic) bond motifs is 1. The smallest absolute Gasteiger partial charge is 0.225 e. The van der Waals surface area contributed by atoms with Crippen molar-refractivity contribution in [2.75, 3.05) is 0 Å². The number of nitrogens with zero attached hydrogens (tertiary/aromatic N) is 2. The summed E-state index contributed by atoms with van der Waals surface area (Å²) in [6.07, 6.45) is 1.54. The van der Waals surface area contributed by atoms with Gasteiger partial charge < -0.3 is 4.74 Å². The van der Waals surface area contributed by atoms with Crippen molar-refractivity contribution in [2.45, 2.75) is 6.61 Å². The van der Waals surface area contributed by atoms with Gasteiger partial charge in [0.2, 0.25) is 5.88 Å². The molecule has 1 aromatic carbocycles. The fraction of sp³-hybridized carbons (Fsp3) is 0.0769. The Morgan fingerprint density at radius 3 is 3.06 bits per heavy atom. The lowest BCUT2D eigenvalue weighted by Gasteiger charge is -2.06. The molecule has 0 radical (unpaired) electrons. The van der Waals surface area contributed by atoms with Crippen LogP contribution in [0.2, 0.25) is 0 Å². The Kier molecular flexibility index (Phi) is 3.25. The summed E-state index contributed by atoms with van der Waals surface area (Å²) in [4.78, 5) is 9.32. The van der Waals surface area contributed by atoms with Crippen LogP contribution in [0.15, 0.2) is 46.5 Å². The van der Waals surface area contributed by atoms with Crippen molar-refractivity contribution < 1.29 is 4.74 Å². The largest absolute Gasteiger partial charge is 0.472 e. The Morgan fingerprint density at radius 2 is 2.17 bits per heavy atom. The molecule has 3 nitrogen and oxygen atoms in total. The van der Waals surface area contributed by atoms with Crippen LogP contribution >= 0.6 is 27.3 Å². The average Bonchev–Trinajstić information content (AvgIpc) is 2.85. The van der Waals surface area contributed by atoms with Gasteiger partial charge in [-0.3, -0.25) is 0 Å². The van der Waals surface area contributed by atoms with Crippen molar-refractivity contribution in [3.8, 4) is 5.88 Å². The monoisotopic (exact) mass is 320 g/mol. The fourth-order valence-electron chi connectivity index (χ4n) is 1.66. The van der Waals surface area contributed by atoms with Crippen molar-refractivity contribution in [1.82, 2.24) is 9.97 Å². The molecule has 5 heteroatoms. The minimum absolute atomic E-state index is 0.501. The molecule has 3 rings (SSSR count). The summed E-state index contributed by atoms with van der Waals surface area (Å²) in [5.41, 5.74) is 1.10. The van der Waals surface area contributed by atoms with Crippen LogP contribution in [0.25, 0.3) is 10.2 Å². The Hall–Kier alpha value is -1.46. The van der Waals surface area contributed by atoms with Crippen LogP contribution in [0.5, 0.6) is 5.88 Å². The number of aromatic nitrogens is 2. The lowest BCUT2D eigenvalue weighted by atomic mass is 10.2. The summed E-state index contributed by atoms with van der Waals surface area (Å²) >= 11 is 5.03. The van der Waals surface area contributed by atoms with E-state index in [9.17, 15) is 0 Å². The molecule has 0 aliphatic rings. The van der Waals surface area contributed by atoms with E-state index in [-0.39, 0.29) is 0 Å². The van der Waals surface area contributed by atoms with E-state index in [1.165, 1.54) is 6.33 Å². The van der Waals surface area contributed by atoms with E-state index in [4.69, 9.17) is 4.74 Å². The van der Waals surface area contributed by atoms with Gasteiger partial charge in [-0.2, -0.15) is 0 Å². The quantitative estimate of drug-likeness (QED) is 0.730. The van der Waals surface area contributed by atoms with Gasteiger partial charge in [0.05, 0.1) is 5.39 Å². The summed E-state index contributed by atoms with van der Waals surface area (Å²) in [5, 5.41) is 2.96. The number of benzene rings is 1. The zero-order valence-corrected chi connectivity index (χ0v) is 11.7. The second-order valence-corrected chi connectivity index (χ2v) is 5.55. The predicted molar refractivity (Wildman–Crippen MR) is 75.9 cm³/mol. The summed E-state index contributed by atoms with van der Waals surface area (Å²) < 4.78 is 6.80. The van der Waals surface area contributed by atoms with Gasteiger partial charge in [-0.05, 0) is 29.1 Å². The summed E-state index contributed by atoms with van der Waals surface area (Å²) in [5.74, 6) is 0.640. The molecule has 0 aliphatic heterocycles. The molecular weight excluding hydrogens is 312 g/mol. The normalized spacial score (nSPS) is 10.7. The first-order chi connectivity index (χ1) is 8.83. The van der Waals surface area contributed by atoms with Crippen LogP contribution in [-0.2, 0) is 6.61 Å². The molecule has 0 bridgehead atoms. The zero-order valence-electron chi connectivity index (χ0n) is 9.34. The van der Waals surface area contributed by atoms with Crippen LogP contribution in [0.3, 0.4) is 0 Å². The maximum Gasteiger partial charge on any atom is 0.225 e. The SMILES string of the molecule is Brc1cccc(COc2ncnc3sccc23)c1. The molecule has 0 saturated carbocycles. The predicted octanol–water partition coefficient (Wildman–Crippen LogP) is 4.03. The molecule has 0 aliphatic carbocycles. The van der Waals surface area contributed by atoms with Crippen LogP contribution in [0.4, 0.5) is 0 Å². The molecule has 18 heavy (non-hydrogen) atoms. The second kappa shape index (κ2) is 5.04. The molecule has 0 atom stereocenters. The Bertz CT molecular complexity index is 683. The molecule has 2 aromatic heterocycles. The van der Waals surface area contributed by atoms with Gasteiger partial charge in [-0.1, -0.05) is 28.1 Å². The second-order valence-electron chi connectivity index (χ2n) is 3.74.